The van der Waals surface area contributed by atoms with Crippen LogP contribution in [0.5, 0.6) is 0 Å². The van der Waals surface area contributed by atoms with E-state index in [9.17, 15) is 13.2 Å². The summed E-state index contributed by atoms with van der Waals surface area (Å²) >= 11 is 0. The number of nitriles is 1. The van der Waals surface area contributed by atoms with Crippen LogP contribution in [0.25, 0.3) is 22.3 Å². The van der Waals surface area contributed by atoms with Gasteiger partial charge in [-0.2, -0.15) is 23.5 Å². The number of nitrogens with zero attached hydrogens (tertiary/aromatic N) is 5. The molecule has 0 saturated heterocycles. The number of nitrogens with one attached hydrogen (secondary N) is 1. The first-order valence-corrected chi connectivity index (χ1v) is 7.24. The van der Waals surface area contributed by atoms with Crippen LogP contribution < -0.4 is 0 Å². The zero-order valence-corrected chi connectivity index (χ0v) is 12.5. The normalized spacial score (nSPS) is 13.1. The molecule has 1 atom stereocenters. The minimum absolute atomic E-state index is 0.0411. The average Bonchev–Trinajstić information content (AvgIpc) is 3.19. The standard InChI is InChI=1S/C15H13F3N6/c16-15(17,18)4-1-11(2-5-19)24-8-10(7-23-24)13-12-3-6-20-14(12)22-9-21-13/h3,6-9,11H,1-2,4H2,(H,20,21,22)/t11-/m1/s1. The van der Waals surface area contributed by atoms with Crippen LogP contribution in [0.15, 0.2) is 31.0 Å². The summed E-state index contributed by atoms with van der Waals surface area (Å²) in [5, 5.41) is 13.8. The lowest BCUT2D eigenvalue weighted by atomic mass is 10.1. The minimum Gasteiger partial charge on any atom is -0.346 e. The van der Waals surface area contributed by atoms with Crippen molar-refractivity contribution < 1.29 is 13.2 Å². The highest BCUT2D eigenvalue weighted by molar-refractivity contribution is 5.89. The molecule has 0 amide bonds. The van der Waals surface area contributed by atoms with Gasteiger partial charge in [0.15, 0.2) is 0 Å². The maximum Gasteiger partial charge on any atom is 0.389 e. The number of halogens is 3. The molecule has 0 aliphatic rings. The Morgan fingerprint density at radius 2 is 2.17 bits per heavy atom. The highest BCUT2D eigenvalue weighted by Crippen LogP contribution is 2.29. The van der Waals surface area contributed by atoms with Crippen molar-refractivity contribution in [2.45, 2.75) is 31.5 Å². The van der Waals surface area contributed by atoms with Gasteiger partial charge in [0, 0.05) is 29.8 Å². The van der Waals surface area contributed by atoms with Crippen LogP contribution in [0.4, 0.5) is 13.2 Å². The first kappa shape index (κ1) is 16.0. The number of H-pyrrole nitrogens is 1. The lowest BCUT2D eigenvalue weighted by Crippen LogP contribution is -2.14. The molecule has 0 aromatic carbocycles. The van der Waals surface area contributed by atoms with E-state index in [2.05, 4.69) is 20.1 Å². The molecule has 3 aromatic rings. The Morgan fingerprint density at radius 3 is 2.92 bits per heavy atom. The molecular weight excluding hydrogens is 321 g/mol. The van der Waals surface area contributed by atoms with Crippen molar-refractivity contribution in [1.29, 1.82) is 5.26 Å². The summed E-state index contributed by atoms with van der Waals surface area (Å²) in [4.78, 5) is 11.3. The zero-order chi connectivity index (χ0) is 17.2. The smallest absolute Gasteiger partial charge is 0.346 e. The molecule has 0 bridgehead atoms. The number of hydrogen-bond donors (Lipinski definition) is 1. The topological polar surface area (TPSA) is 83.2 Å². The number of aromatic amines is 1. The van der Waals surface area contributed by atoms with Crippen molar-refractivity contribution >= 4 is 11.0 Å². The molecule has 0 spiro atoms. The molecular formula is C15H13F3N6. The fourth-order valence-corrected chi connectivity index (χ4v) is 2.53. The van der Waals surface area contributed by atoms with Crippen molar-refractivity contribution in [3.8, 4) is 17.3 Å². The summed E-state index contributed by atoms with van der Waals surface area (Å²) in [7, 11) is 0. The van der Waals surface area contributed by atoms with E-state index in [-0.39, 0.29) is 12.8 Å². The Labute approximate surface area is 135 Å². The fraction of sp³-hybridized carbons (Fsp3) is 0.333. The molecule has 124 valence electrons. The molecule has 0 saturated carbocycles. The van der Waals surface area contributed by atoms with Crippen LogP contribution in [0, 0.1) is 11.3 Å². The molecule has 0 aliphatic heterocycles. The van der Waals surface area contributed by atoms with Crippen LogP contribution in [0.2, 0.25) is 0 Å². The zero-order valence-electron chi connectivity index (χ0n) is 12.5. The average molecular weight is 334 g/mol. The van der Waals surface area contributed by atoms with E-state index in [0.29, 0.717) is 16.9 Å². The Kier molecular flexibility index (Phi) is 4.20. The van der Waals surface area contributed by atoms with Gasteiger partial charge < -0.3 is 4.98 Å². The van der Waals surface area contributed by atoms with E-state index in [1.807, 2.05) is 12.1 Å². The molecule has 0 radical (unpaired) electrons. The Bertz CT molecular complexity index is 873. The van der Waals surface area contributed by atoms with Gasteiger partial charge in [-0.05, 0) is 12.5 Å². The van der Waals surface area contributed by atoms with E-state index in [0.717, 1.165) is 5.39 Å². The van der Waals surface area contributed by atoms with Crippen LogP contribution >= 0.6 is 0 Å². The van der Waals surface area contributed by atoms with Crippen molar-refractivity contribution in [3.05, 3.63) is 31.0 Å². The lowest BCUT2D eigenvalue weighted by Gasteiger charge is -2.15. The van der Waals surface area contributed by atoms with Crippen LogP contribution in [0.3, 0.4) is 0 Å². The summed E-state index contributed by atoms with van der Waals surface area (Å²) in [6.45, 7) is 0. The third-order valence-electron chi connectivity index (χ3n) is 3.69. The molecule has 3 heterocycles. The first-order valence-electron chi connectivity index (χ1n) is 7.24. The van der Waals surface area contributed by atoms with Crippen molar-refractivity contribution in [3.63, 3.8) is 0 Å². The van der Waals surface area contributed by atoms with Gasteiger partial charge in [0.2, 0.25) is 0 Å². The van der Waals surface area contributed by atoms with Gasteiger partial charge >= 0.3 is 6.18 Å². The summed E-state index contributed by atoms with van der Waals surface area (Å²) < 4.78 is 38.8. The van der Waals surface area contributed by atoms with E-state index < -0.39 is 18.6 Å². The number of aromatic nitrogens is 5. The van der Waals surface area contributed by atoms with Gasteiger partial charge in [-0.15, -0.1) is 0 Å². The number of alkyl halides is 3. The molecule has 24 heavy (non-hydrogen) atoms. The highest BCUT2D eigenvalue weighted by atomic mass is 19.4. The van der Waals surface area contributed by atoms with E-state index in [1.165, 1.54) is 17.2 Å². The predicted molar refractivity (Wildman–Crippen MR) is 79.7 cm³/mol. The highest BCUT2D eigenvalue weighted by Gasteiger charge is 2.29. The minimum atomic E-state index is -4.26. The maximum atomic E-state index is 12.4. The molecule has 0 aliphatic carbocycles. The van der Waals surface area contributed by atoms with Crippen LogP contribution in [-0.2, 0) is 0 Å². The van der Waals surface area contributed by atoms with Gasteiger partial charge in [-0.25, -0.2) is 9.97 Å². The van der Waals surface area contributed by atoms with Crippen molar-refractivity contribution in [1.82, 2.24) is 24.7 Å². The first-order chi connectivity index (χ1) is 11.5. The van der Waals surface area contributed by atoms with Crippen molar-refractivity contribution in [2.75, 3.05) is 0 Å². The summed E-state index contributed by atoms with van der Waals surface area (Å²) in [5.41, 5.74) is 1.97. The van der Waals surface area contributed by atoms with Gasteiger partial charge in [-0.3, -0.25) is 4.68 Å². The Balaban J connectivity index is 1.88. The van der Waals surface area contributed by atoms with E-state index in [1.54, 1.807) is 12.4 Å². The van der Waals surface area contributed by atoms with Crippen LogP contribution in [-0.4, -0.2) is 30.9 Å². The summed E-state index contributed by atoms with van der Waals surface area (Å²) in [6, 6.07) is 3.11. The monoisotopic (exact) mass is 334 g/mol. The van der Waals surface area contributed by atoms with E-state index in [4.69, 9.17) is 5.26 Å². The Hall–Kier alpha value is -2.89. The second-order valence-corrected chi connectivity index (χ2v) is 5.34. The molecule has 0 fully saturated rings. The Morgan fingerprint density at radius 1 is 1.33 bits per heavy atom. The largest absolute Gasteiger partial charge is 0.389 e. The van der Waals surface area contributed by atoms with Gasteiger partial charge in [0.25, 0.3) is 0 Å². The number of fused-ring (bicyclic) bond motifs is 1. The van der Waals surface area contributed by atoms with Gasteiger partial charge in [0.05, 0.1) is 30.4 Å². The number of rotatable bonds is 5. The van der Waals surface area contributed by atoms with E-state index >= 15 is 0 Å². The lowest BCUT2D eigenvalue weighted by molar-refractivity contribution is -0.137. The molecule has 9 heteroatoms. The quantitative estimate of drug-likeness (QED) is 0.772. The maximum absolute atomic E-state index is 12.4. The number of hydrogen-bond acceptors (Lipinski definition) is 4. The fourth-order valence-electron chi connectivity index (χ4n) is 2.53. The third kappa shape index (κ3) is 3.37. The van der Waals surface area contributed by atoms with Crippen LogP contribution in [0.1, 0.15) is 25.3 Å². The molecule has 3 aromatic heterocycles. The SMILES string of the molecule is N#CC[C@@H](CCC(F)(F)F)n1cc(-c2ncnc3[nH]ccc23)cn1. The third-order valence-corrected chi connectivity index (χ3v) is 3.69. The second kappa shape index (κ2) is 6.31. The van der Waals surface area contributed by atoms with Gasteiger partial charge in [-0.1, -0.05) is 0 Å². The van der Waals surface area contributed by atoms with Gasteiger partial charge in [0.1, 0.15) is 12.0 Å². The molecule has 1 N–H and O–H groups in total. The second-order valence-electron chi connectivity index (χ2n) is 5.34. The van der Waals surface area contributed by atoms with Crippen molar-refractivity contribution in [2.24, 2.45) is 0 Å². The summed E-state index contributed by atoms with van der Waals surface area (Å²) in [6.07, 6.45) is 0.844. The predicted octanol–water partition coefficient (Wildman–Crippen LogP) is 3.62. The molecule has 6 nitrogen and oxygen atoms in total. The summed E-state index contributed by atoms with van der Waals surface area (Å²) in [5.74, 6) is 0. The molecule has 3 rings (SSSR count). The molecule has 0 unspecified atom stereocenters.